The highest BCUT2D eigenvalue weighted by Gasteiger charge is 2.24. The van der Waals surface area contributed by atoms with Gasteiger partial charge in [-0.15, -0.1) is 11.3 Å². The van der Waals surface area contributed by atoms with E-state index in [9.17, 15) is 9.90 Å². The normalized spacial score (nSPS) is 18.6. The summed E-state index contributed by atoms with van der Waals surface area (Å²) in [5.41, 5.74) is 6.51. The number of nitrogens with zero attached hydrogens (tertiary/aromatic N) is 1. The topological polar surface area (TPSA) is 40.5 Å². The molecular weight excluding hydrogens is 354 g/mol. The number of thiophene rings is 1. The van der Waals surface area contributed by atoms with E-state index >= 15 is 0 Å². The molecule has 144 valence electrons. The Morgan fingerprint density at radius 1 is 1.26 bits per heavy atom. The van der Waals surface area contributed by atoms with Gasteiger partial charge in [0.1, 0.15) is 0 Å². The van der Waals surface area contributed by atoms with Gasteiger partial charge in [-0.3, -0.25) is 4.79 Å². The van der Waals surface area contributed by atoms with Gasteiger partial charge in [0.2, 0.25) is 0 Å². The van der Waals surface area contributed by atoms with E-state index in [-0.39, 0.29) is 5.92 Å². The molecule has 1 aromatic heterocycles. The van der Waals surface area contributed by atoms with Crippen molar-refractivity contribution in [3.8, 4) is 0 Å². The Balaban J connectivity index is 1.79. The van der Waals surface area contributed by atoms with Crippen LogP contribution in [0.4, 0.5) is 0 Å². The minimum absolute atomic E-state index is 0.207. The van der Waals surface area contributed by atoms with E-state index < -0.39 is 5.97 Å². The number of aliphatic carboxylic acids is 1. The van der Waals surface area contributed by atoms with Gasteiger partial charge in [0, 0.05) is 18.0 Å². The number of carbonyl (C=O) groups is 1. The summed E-state index contributed by atoms with van der Waals surface area (Å²) in [6, 6.07) is 8.84. The van der Waals surface area contributed by atoms with Crippen LogP contribution in [0.5, 0.6) is 0 Å². The molecule has 0 amide bonds. The molecule has 1 fully saturated rings. The third kappa shape index (κ3) is 4.88. The molecule has 3 nitrogen and oxygen atoms in total. The Bertz CT molecular complexity index is 837. The minimum atomic E-state index is -0.652. The predicted molar refractivity (Wildman–Crippen MR) is 113 cm³/mol. The quantitative estimate of drug-likeness (QED) is 0.737. The first-order valence-electron chi connectivity index (χ1n) is 9.73. The number of aryl methyl sites for hydroxylation is 3. The third-order valence-corrected chi connectivity index (χ3v) is 6.48. The average Bonchev–Trinajstić information content (AvgIpc) is 3.05. The Labute approximate surface area is 166 Å². The molecule has 0 spiro atoms. The van der Waals surface area contributed by atoms with Gasteiger partial charge in [-0.25, -0.2) is 0 Å². The van der Waals surface area contributed by atoms with Crippen molar-refractivity contribution in [2.24, 2.45) is 5.92 Å². The number of carboxylic acids is 1. The molecule has 0 bridgehead atoms. The van der Waals surface area contributed by atoms with Crippen LogP contribution >= 0.6 is 11.3 Å². The van der Waals surface area contributed by atoms with Crippen molar-refractivity contribution >= 4 is 22.9 Å². The van der Waals surface area contributed by atoms with Gasteiger partial charge in [-0.05, 0) is 80.3 Å². The highest BCUT2D eigenvalue weighted by atomic mass is 32.1. The van der Waals surface area contributed by atoms with Crippen molar-refractivity contribution in [2.75, 3.05) is 19.6 Å². The van der Waals surface area contributed by atoms with Crippen LogP contribution in [0.25, 0.3) is 5.57 Å². The summed E-state index contributed by atoms with van der Waals surface area (Å²) in [6.07, 6.45) is 5.08. The van der Waals surface area contributed by atoms with Crippen LogP contribution in [0, 0.1) is 26.7 Å². The second kappa shape index (κ2) is 8.85. The van der Waals surface area contributed by atoms with Crippen molar-refractivity contribution in [1.29, 1.82) is 0 Å². The summed E-state index contributed by atoms with van der Waals surface area (Å²) in [7, 11) is 0. The van der Waals surface area contributed by atoms with Crippen LogP contribution in [0.3, 0.4) is 0 Å². The second-order valence-electron chi connectivity index (χ2n) is 7.64. The van der Waals surface area contributed by atoms with E-state index in [0.717, 1.165) is 32.4 Å². The summed E-state index contributed by atoms with van der Waals surface area (Å²) in [5.74, 6) is -0.860. The number of likely N-dealkylation sites (tertiary alicyclic amines) is 1. The average molecular weight is 384 g/mol. The monoisotopic (exact) mass is 383 g/mol. The number of carboxylic acid groups (broad SMARTS) is 1. The fraction of sp³-hybridized carbons (Fsp3) is 0.435. The van der Waals surface area contributed by atoms with Crippen LogP contribution in [0.1, 0.15) is 46.4 Å². The minimum Gasteiger partial charge on any atom is -0.481 e. The molecule has 2 heterocycles. The molecular formula is C23H29NO2S. The van der Waals surface area contributed by atoms with Crippen LogP contribution in [-0.2, 0) is 4.79 Å². The Kier molecular flexibility index (Phi) is 6.51. The lowest BCUT2D eigenvalue weighted by atomic mass is 9.95. The maximum Gasteiger partial charge on any atom is 0.307 e. The fourth-order valence-electron chi connectivity index (χ4n) is 3.94. The van der Waals surface area contributed by atoms with Gasteiger partial charge in [0.05, 0.1) is 5.92 Å². The Morgan fingerprint density at radius 2 is 2.07 bits per heavy atom. The lowest BCUT2D eigenvalue weighted by molar-refractivity contribution is -0.143. The largest absolute Gasteiger partial charge is 0.481 e. The molecule has 0 radical (unpaired) electrons. The molecule has 1 aromatic carbocycles. The van der Waals surface area contributed by atoms with Crippen molar-refractivity contribution in [2.45, 2.75) is 40.0 Å². The van der Waals surface area contributed by atoms with Crippen LogP contribution in [0.2, 0.25) is 0 Å². The summed E-state index contributed by atoms with van der Waals surface area (Å²) < 4.78 is 0. The summed E-state index contributed by atoms with van der Waals surface area (Å²) >= 11 is 1.80. The van der Waals surface area contributed by atoms with Crippen molar-refractivity contribution in [3.63, 3.8) is 0 Å². The standard InChI is InChI=1S/C23H29NO2S/c1-16-8-9-20(18(3)14-16)21(22-17(2)10-13-27-22)7-5-12-24-11-4-6-19(15-24)23(25)26/h7-10,13-14,19H,4-6,11-12,15H2,1-3H3,(H,25,26)/b21-7-/t19-/m0/s1. The lowest BCUT2D eigenvalue weighted by Crippen LogP contribution is -2.39. The molecule has 1 aliphatic heterocycles. The highest BCUT2D eigenvalue weighted by molar-refractivity contribution is 7.11. The van der Waals surface area contributed by atoms with Gasteiger partial charge >= 0.3 is 5.97 Å². The van der Waals surface area contributed by atoms with Gasteiger partial charge in [-0.1, -0.05) is 29.8 Å². The van der Waals surface area contributed by atoms with Crippen LogP contribution in [-0.4, -0.2) is 35.6 Å². The summed E-state index contributed by atoms with van der Waals surface area (Å²) in [4.78, 5) is 14.9. The van der Waals surface area contributed by atoms with E-state index in [0.29, 0.717) is 6.54 Å². The van der Waals surface area contributed by atoms with E-state index in [2.05, 4.69) is 61.4 Å². The number of hydrogen-bond acceptors (Lipinski definition) is 3. The van der Waals surface area contributed by atoms with E-state index in [4.69, 9.17) is 0 Å². The van der Waals surface area contributed by atoms with Crippen molar-refractivity contribution in [3.05, 3.63) is 62.9 Å². The molecule has 2 aromatic rings. The van der Waals surface area contributed by atoms with Crippen molar-refractivity contribution < 1.29 is 9.90 Å². The molecule has 27 heavy (non-hydrogen) atoms. The van der Waals surface area contributed by atoms with Crippen LogP contribution < -0.4 is 0 Å². The molecule has 3 rings (SSSR count). The number of rotatable bonds is 6. The van der Waals surface area contributed by atoms with Crippen LogP contribution in [0.15, 0.2) is 35.7 Å². The zero-order valence-corrected chi connectivity index (χ0v) is 17.3. The van der Waals surface area contributed by atoms with Gasteiger partial charge in [0.15, 0.2) is 0 Å². The molecule has 0 unspecified atom stereocenters. The fourth-order valence-corrected chi connectivity index (χ4v) is 4.92. The van der Waals surface area contributed by atoms with E-state index in [1.165, 1.54) is 32.7 Å². The van der Waals surface area contributed by atoms with Gasteiger partial charge in [-0.2, -0.15) is 0 Å². The number of benzene rings is 1. The first-order valence-corrected chi connectivity index (χ1v) is 10.6. The molecule has 0 saturated carbocycles. The Morgan fingerprint density at radius 3 is 2.74 bits per heavy atom. The summed E-state index contributed by atoms with van der Waals surface area (Å²) in [5, 5.41) is 11.4. The third-order valence-electron chi connectivity index (χ3n) is 5.43. The molecule has 4 heteroatoms. The van der Waals surface area contributed by atoms with E-state index in [1.807, 2.05) is 0 Å². The molecule has 0 aliphatic carbocycles. The Hall–Kier alpha value is -1.91. The maximum atomic E-state index is 11.3. The SMILES string of the molecule is Cc1ccc(/C(=C/CCN2CCC[C@H](C(=O)O)C2)c2sccc2C)c(C)c1. The highest BCUT2D eigenvalue weighted by Crippen LogP contribution is 2.33. The first kappa shape index (κ1) is 19.8. The lowest BCUT2D eigenvalue weighted by Gasteiger charge is -2.30. The van der Waals surface area contributed by atoms with Gasteiger partial charge in [0.25, 0.3) is 0 Å². The number of hydrogen-bond donors (Lipinski definition) is 1. The zero-order chi connectivity index (χ0) is 19.4. The molecule has 1 saturated heterocycles. The molecule has 1 N–H and O–H groups in total. The smallest absolute Gasteiger partial charge is 0.307 e. The predicted octanol–water partition coefficient (Wildman–Crippen LogP) is 5.29. The molecule has 1 atom stereocenters. The maximum absolute atomic E-state index is 11.3. The van der Waals surface area contributed by atoms with Gasteiger partial charge < -0.3 is 10.0 Å². The van der Waals surface area contributed by atoms with E-state index in [1.54, 1.807) is 11.3 Å². The zero-order valence-electron chi connectivity index (χ0n) is 16.5. The summed E-state index contributed by atoms with van der Waals surface area (Å²) in [6.45, 7) is 9.09. The molecule has 1 aliphatic rings. The second-order valence-corrected chi connectivity index (χ2v) is 8.55. The van der Waals surface area contributed by atoms with Crippen molar-refractivity contribution in [1.82, 2.24) is 4.90 Å². The number of piperidine rings is 1. The first-order chi connectivity index (χ1) is 13.0.